The van der Waals surface area contributed by atoms with Crippen molar-refractivity contribution in [2.24, 2.45) is 0 Å². The third-order valence-corrected chi connectivity index (χ3v) is 1.78. The molecule has 0 radical (unpaired) electrons. The Morgan fingerprint density at radius 1 is 1.58 bits per heavy atom. The molecule has 0 unspecified atom stereocenters. The number of aromatic amines is 1. The lowest BCUT2D eigenvalue weighted by Crippen LogP contribution is -1.90. The number of H-pyrrole nitrogens is 1. The van der Waals surface area contributed by atoms with Crippen LogP contribution in [0.15, 0.2) is 18.5 Å². The zero-order valence-corrected chi connectivity index (χ0v) is 6.24. The number of aldehydes is 1. The lowest BCUT2D eigenvalue weighted by Gasteiger charge is -1.93. The molecule has 0 aromatic carbocycles. The van der Waals surface area contributed by atoms with Crippen molar-refractivity contribution in [2.75, 3.05) is 5.73 Å². The highest BCUT2D eigenvalue weighted by molar-refractivity contribution is 6.02. The van der Waals surface area contributed by atoms with Gasteiger partial charge in [-0.2, -0.15) is 0 Å². The molecule has 2 rings (SSSR count). The van der Waals surface area contributed by atoms with E-state index in [0.29, 0.717) is 16.8 Å². The molecule has 2 heterocycles. The first-order valence-electron chi connectivity index (χ1n) is 3.49. The second kappa shape index (κ2) is 2.34. The Labute approximate surface area is 68.4 Å². The van der Waals surface area contributed by atoms with Gasteiger partial charge >= 0.3 is 0 Å². The fraction of sp³-hybridized carbons (Fsp3) is 0. The van der Waals surface area contributed by atoms with Crippen LogP contribution in [-0.4, -0.2) is 16.3 Å². The minimum Gasteiger partial charge on any atom is -0.383 e. The molecule has 4 nitrogen and oxygen atoms in total. The Balaban J connectivity index is 2.91. The number of aromatic nitrogens is 2. The molecular weight excluding hydrogens is 154 g/mol. The fourth-order valence-corrected chi connectivity index (χ4v) is 1.22. The largest absolute Gasteiger partial charge is 0.383 e. The van der Waals surface area contributed by atoms with Gasteiger partial charge in [0.2, 0.25) is 0 Å². The Bertz CT molecular complexity index is 433. The van der Waals surface area contributed by atoms with E-state index < -0.39 is 0 Å². The van der Waals surface area contributed by atoms with E-state index in [9.17, 15) is 4.79 Å². The van der Waals surface area contributed by atoms with Crippen LogP contribution in [-0.2, 0) is 0 Å². The number of pyridine rings is 1. The Kier molecular flexibility index (Phi) is 1.33. The molecule has 2 aromatic rings. The molecule has 0 atom stereocenters. The van der Waals surface area contributed by atoms with Gasteiger partial charge in [0.1, 0.15) is 5.82 Å². The molecule has 0 bridgehead atoms. The minimum absolute atomic E-state index is 0.385. The van der Waals surface area contributed by atoms with Crippen molar-refractivity contribution in [2.45, 2.75) is 0 Å². The molecule has 60 valence electrons. The maximum absolute atomic E-state index is 10.5. The van der Waals surface area contributed by atoms with E-state index in [4.69, 9.17) is 5.73 Å². The van der Waals surface area contributed by atoms with Gasteiger partial charge in [0.05, 0.1) is 10.9 Å². The van der Waals surface area contributed by atoms with Crippen LogP contribution in [0.4, 0.5) is 5.82 Å². The van der Waals surface area contributed by atoms with Crippen LogP contribution in [0.25, 0.3) is 10.9 Å². The summed E-state index contributed by atoms with van der Waals surface area (Å²) in [4.78, 5) is 17.3. The van der Waals surface area contributed by atoms with Crippen LogP contribution < -0.4 is 5.73 Å². The predicted octanol–water partition coefficient (Wildman–Crippen LogP) is 0.958. The van der Waals surface area contributed by atoms with Gasteiger partial charge < -0.3 is 10.7 Å². The summed E-state index contributed by atoms with van der Waals surface area (Å²) in [6, 6.07) is 1.78. The van der Waals surface area contributed by atoms with Crippen LogP contribution in [0, 0.1) is 0 Å². The second-order valence-corrected chi connectivity index (χ2v) is 2.48. The van der Waals surface area contributed by atoms with Crippen molar-refractivity contribution in [3.8, 4) is 0 Å². The Hall–Kier alpha value is -1.84. The predicted molar refractivity (Wildman–Crippen MR) is 45.9 cm³/mol. The number of carbonyl (C=O) groups is 1. The highest BCUT2D eigenvalue weighted by Crippen LogP contribution is 2.20. The SMILES string of the molecule is Nc1nccc2[nH]cc(C=O)c12. The molecule has 0 fully saturated rings. The summed E-state index contributed by atoms with van der Waals surface area (Å²) in [5.74, 6) is 0.385. The highest BCUT2D eigenvalue weighted by atomic mass is 16.1. The summed E-state index contributed by atoms with van der Waals surface area (Å²) < 4.78 is 0. The van der Waals surface area contributed by atoms with Gasteiger partial charge in [0.25, 0.3) is 0 Å². The standard InChI is InChI=1S/C8H7N3O/c9-8-7-5(4-12)3-11-6(7)1-2-10-8/h1-4,11H,(H2,9,10). The van der Waals surface area contributed by atoms with E-state index in [2.05, 4.69) is 9.97 Å². The third kappa shape index (κ3) is 0.780. The van der Waals surface area contributed by atoms with Gasteiger partial charge in [-0.1, -0.05) is 0 Å². The van der Waals surface area contributed by atoms with Gasteiger partial charge in [-0.05, 0) is 6.07 Å². The number of nitrogen functional groups attached to an aromatic ring is 1. The molecule has 0 aliphatic carbocycles. The van der Waals surface area contributed by atoms with E-state index in [1.54, 1.807) is 18.5 Å². The summed E-state index contributed by atoms with van der Waals surface area (Å²) in [7, 11) is 0. The van der Waals surface area contributed by atoms with E-state index >= 15 is 0 Å². The number of nitrogens with one attached hydrogen (secondary N) is 1. The Morgan fingerprint density at radius 3 is 3.17 bits per heavy atom. The number of carbonyl (C=O) groups excluding carboxylic acids is 1. The van der Waals surface area contributed by atoms with Crippen molar-refractivity contribution in [1.29, 1.82) is 0 Å². The van der Waals surface area contributed by atoms with E-state index in [1.807, 2.05) is 0 Å². The van der Waals surface area contributed by atoms with E-state index in [0.717, 1.165) is 11.8 Å². The maximum Gasteiger partial charge on any atom is 0.152 e. The van der Waals surface area contributed by atoms with Gasteiger partial charge in [-0.15, -0.1) is 0 Å². The van der Waals surface area contributed by atoms with Crippen LogP contribution in [0.5, 0.6) is 0 Å². The molecule has 12 heavy (non-hydrogen) atoms. The fourth-order valence-electron chi connectivity index (χ4n) is 1.22. The number of hydrogen-bond acceptors (Lipinski definition) is 3. The zero-order valence-electron chi connectivity index (χ0n) is 6.24. The van der Waals surface area contributed by atoms with Crippen LogP contribution in [0.2, 0.25) is 0 Å². The summed E-state index contributed by atoms with van der Waals surface area (Å²) in [5, 5.41) is 0.701. The smallest absolute Gasteiger partial charge is 0.152 e. The molecular formula is C8H7N3O. The van der Waals surface area contributed by atoms with Gasteiger partial charge in [0.15, 0.2) is 6.29 Å². The first-order valence-corrected chi connectivity index (χ1v) is 3.49. The number of anilines is 1. The molecule has 3 N–H and O–H groups in total. The number of rotatable bonds is 1. The number of fused-ring (bicyclic) bond motifs is 1. The number of nitrogens with zero attached hydrogens (tertiary/aromatic N) is 1. The van der Waals surface area contributed by atoms with Crippen LogP contribution in [0.3, 0.4) is 0 Å². The number of nitrogens with two attached hydrogens (primary N) is 1. The molecule has 0 spiro atoms. The molecule has 0 amide bonds. The van der Waals surface area contributed by atoms with Gasteiger partial charge in [-0.25, -0.2) is 4.98 Å². The minimum atomic E-state index is 0.385. The lowest BCUT2D eigenvalue weighted by atomic mass is 10.2. The Morgan fingerprint density at radius 2 is 2.42 bits per heavy atom. The van der Waals surface area contributed by atoms with Crippen molar-refractivity contribution in [1.82, 2.24) is 9.97 Å². The van der Waals surface area contributed by atoms with E-state index in [-0.39, 0.29) is 0 Å². The summed E-state index contributed by atoms with van der Waals surface area (Å²) in [6.07, 6.45) is 3.98. The summed E-state index contributed by atoms with van der Waals surface area (Å²) in [6.45, 7) is 0. The van der Waals surface area contributed by atoms with Crippen molar-refractivity contribution >= 4 is 23.0 Å². The number of hydrogen-bond donors (Lipinski definition) is 2. The van der Waals surface area contributed by atoms with Crippen molar-refractivity contribution in [3.63, 3.8) is 0 Å². The molecule has 0 saturated heterocycles. The van der Waals surface area contributed by atoms with Crippen molar-refractivity contribution in [3.05, 3.63) is 24.0 Å². The molecule has 2 aromatic heterocycles. The average Bonchev–Trinajstić information content (AvgIpc) is 2.49. The average molecular weight is 161 g/mol. The lowest BCUT2D eigenvalue weighted by molar-refractivity contribution is 0.112. The quantitative estimate of drug-likeness (QED) is 0.612. The zero-order chi connectivity index (χ0) is 8.55. The van der Waals surface area contributed by atoms with Gasteiger partial charge in [0, 0.05) is 18.0 Å². The summed E-state index contributed by atoms with van der Waals surface area (Å²) in [5.41, 5.74) is 6.98. The second-order valence-electron chi connectivity index (χ2n) is 2.48. The molecule has 4 heteroatoms. The normalized spacial score (nSPS) is 10.3. The first-order chi connectivity index (χ1) is 5.83. The topological polar surface area (TPSA) is 71.8 Å². The third-order valence-electron chi connectivity index (χ3n) is 1.78. The van der Waals surface area contributed by atoms with Crippen molar-refractivity contribution < 1.29 is 4.79 Å². The molecule has 0 saturated carbocycles. The van der Waals surface area contributed by atoms with Crippen LogP contribution >= 0.6 is 0 Å². The van der Waals surface area contributed by atoms with Crippen LogP contribution in [0.1, 0.15) is 10.4 Å². The highest BCUT2D eigenvalue weighted by Gasteiger charge is 2.05. The van der Waals surface area contributed by atoms with E-state index in [1.165, 1.54) is 0 Å². The van der Waals surface area contributed by atoms with Gasteiger partial charge in [-0.3, -0.25) is 4.79 Å². The molecule has 0 aliphatic rings. The first kappa shape index (κ1) is 6.84. The summed E-state index contributed by atoms with van der Waals surface area (Å²) >= 11 is 0. The maximum atomic E-state index is 10.5. The molecule has 0 aliphatic heterocycles. The monoisotopic (exact) mass is 161 g/mol.